The summed E-state index contributed by atoms with van der Waals surface area (Å²) in [5.74, 6) is 0.681. The van der Waals surface area contributed by atoms with Crippen LogP contribution in [0.4, 0.5) is 4.39 Å². The van der Waals surface area contributed by atoms with Gasteiger partial charge in [-0.2, -0.15) is 0 Å². The number of alkyl halides is 1. The highest BCUT2D eigenvalue weighted by Crippen LogP contribution is 2.22. The van der Waals surface area contributed by atoms with Crippen LogP contribution in [0.15, 0.2) is 36.7 Å². The summed E-state index contributed by atoms with van der Waals surface area (Å²) in [7, 11) is 0. The van der Waals surface area contributed by atoms with Gasteiger partial charge in [0.1, 0.15) is 5.75 Å². The van der Waals surface area contributed by atoms with E-state index >= 15 is 0 Å². The Labute approximate surface area is 106 Å². The standard InChI is InChI=1S/C14H15FN2O/c1-2-11-10-13(5-4-12(11)6-7-15)18-14-16-8-3-9-17-14/h3-5,8-10H,2,6-7H2,1H3. The molecule has 3 nitrogen and oxygen atoms in total. The molecule has 1 heterocycles. The fraction of sp³-hybridized carbons (Fsp3) is 0.286. The molecule has 0 fully saturated rings. The maximum absolute atomic E-state index is 12.4. The first-order valence-corrected chi connectivity index (χ1v) is 5.96. The van der Waals surface area contributed by atoms with Gasteiger partial charge in [0, 0.05) is 18.8 Å². The molecule has 0 aliphatic rings. The van der Waals surface area contributed by atoms with Gasteiger partial charge >= 0.3 is 6.01 Å². The SMILES string of the molecule is CCc1cc(Oc2ncccn2)ccc1CCF. The molecular formula is C14H15FN2O. The van der Waals surface area contributed by atoms with Crippen molar-refractivity contribution in [2.45, 2.75) is 19.8 Å². The predicted molar refractivity (Wildman–Crippen MR) is 67.6 cm³/mol. The first-order valence-electron chi connectivity index (χ1n) is 5.96. The second-order valence-electron chi connectivity index (χ2n) is 3.86. The van der Waals surface area contributed by atoms with E-state index in [2.05, 4.69) is 9.97 Å². The van der Waals surface area contributed by atoms with E-state index in [4.69, 9.17) is 4.74 Å². The predicted octanol–water partition coefficient (Wildman–Crippen LogP) is 3.34. The van der Waals surface area contributed by atoms with E-state index in [0.29, 0.717) is 18.2 Å². The summed E-state index contributed by atoms with van der Waals surface area (Å²) in [5, 5.41) is 0. The lowest BCUT2D eigenvalue weighted by atomic mass is 10.0. The number of rotatable bonds is 5. The van der Waals surface area contributed by atoms with Crippen molar-refractivity contribution in [1.82, 2.24) is 9.97 Å². The molecule has 0 unspecified atom stereocenters. The largest absolute Gasteiger partial charge is 0.424 e. The molecule has 0 spiro atoms. The molecule has 2 aromatic rings. The number of aromatic nitrogens is 2. The van der Waals surface area contributed by atoms with Gasteiger partial charge in [-0.15, -0.1) is 0 Å². The summed E-state index contributed by atoms with van der Waals surface area (Å²) in [6.45, 7) is 1.70. The maximum Gasteiger partial charge on any atom is 0.321 e. The van der Waals surface area contributed by atoms with E-state index in [1.54, 1.807) is 18.5 Å². The maximum atomic E-state index is 12.4. The van der Waals surface area contributed by atoms with Crippen LogP contribution in [0.2, 0.25) is 0 Å². The quantitative estimate of drug-likeness (QED) is 0.811. The zero-order chi connectivity index (χ0) is 12.8. The average Bonchev–Trinajstić information content (AvgIpc) is 2.42. The summed E-state index contributed by atoms with van der Waals surface area (Å²) in [4.78, 5) is 7.99. The summed E-state index contributed by atoms with van der Waals surface area (Å²) in [6.07, 6.45) is 4.55. The Morgan fingerprint density at radius 3 is 2.61 bits per heavy atom. The number of benzene rings is 1. The third-order valence-electron chi connectivity index (χ3n) is 2.67. The number of ether oxygens (including phenoxy) is 1. The number of hydrogen-bond acceptors (Lipinski definition) is 3. The zero-order valence-corrected chi connectivity index (χ0v) is 10.3. The van der Waals surface area contributed by atoms with E-state index in [9.17, 15) is 4.39 Å². The van der Waals surface area contributed by atoms with Crippen LogP contribution in [-0.2, 0) is 12.8 Å². The minimum atomic E-state index is -0.338. The Hall–Kier alpha value is -1.97. The van der Waals surface area contributed by atoms with Crippen molar-refractivity contribution in [2.75, 3.05) is 6.67 Å². The van der Waals surface area contributed by atoms with Gasteiger partial charge in [-0.3, -0.25) is 4.39 Å². The minimum Gasteiger partial charge on any atom is -0.424 e. The second kappa shape index (κ2) is 6.10. The van der Waals surface area contributed by atoms with Crippen LogP contribution in [0, 0.1) is 0 Å². The summed E-state index contributed by atoms with van der Waals surface area (Å²) in [5.41, 5.74) is 2.13. The molecule has 0 amide bonds. The molecule has 0 bridgehead atoms. The monoisotopic (exact) mass is 246 g/mol. The molecule has 1 aromatic heterocycles. The number of aryl methyl sites for hydroxylation is 2. The highest BCUT2D eigenvalue weighted by atomic mass is 19.1. The fourth-order valence-electron chi connectivity index (χ4n) is 1.78. The van der Waals surface area contributed by atoms with Crippen molar-refractivity contribution in [1.29, 1.82) is 0 Å². The van der Waals surface area contributed by atoms with Gasteiger partial charge in [0.2, 0.25) is 0 Å². The molecule has 0 atom stereocenters. The molecule has 0 N–H and O–H groups in total. The van der Waals surface area contributed by atoms with Crippen LogP contribution in [0.1, 0.15) is 18.1 Å². The summed E-state index contributed by atoms with van der Waals surface area (Å²) < 4.78 is 17.9. The van der Waals surface area contributed by atoms with Crippen LogP contribution in [-0.4, -0.2) is 16.6 Å². The van der Waals surface area contributed by atoms with Crippen LogP contribution >= 0.6 is 0 Å². The normalized spacial score (nSPS) is 10.3. The molecule has 0 aliphatic carbocycles. The molecule has 2 rings (SSSR count). The molecule has 18 heavy (non-hydrogen) atoms. The van der Waals surface area contributed by atoms with Crippen molar-refractivity contribution in [3.63, 3.8) is 0 Å². The fourth-order valence-corrected chi connectivity index (χ4v) is 1.78. The Morgan fingerprint density at radius 1 is 1.17 bits per heavy atom. The van der Waals surface area contributed by atoms with Crippen LogP contribution in [0.25, 0.3) is 0 Å². The minimum absolute atomic E-state index is 0.317. The smallest absolute Gasteiger partial charge is 0.321 e. The van der Waals surface area contributed by atoms with Crippen molar-refractivity contribution in [3.05, 3.63) is 47.8 Å². The summed E-state index contributed by atoms with van der Waals surface area (Å²) in [6, 6.07) is 7.69. The zero-order valence-electron chi connectivity index (χ0n) is 10.3. The number of halogens is 1. The third-order valence-corrected chi connectivity index (χ3v) is 2.67. The van der Waals surface area contributed by atoms with Gasteiger partial charge in [-0.25, -0.2) is 9.97 Å². The van der Waals surface area contributed by atoms with Crippen LogP contribution in [0.5, 0.6) is 11.8 Å². The van der Waals surface area contributed by atoms with Gasteiger partial charge in [0.15, 0.2) is 0 Å². The molecule has 0 radical (unpaired) electrons. The van der Waals surface area contributed by atoms with E-state index in [0.717, 1.165) is 17.5 Å². The van der Waals surface area contributed by atoms with Crippen molar-refractivity contribution in [2.24, 2.45) is 0 Å². The van der Waals surface area contributed by atoms with Crippen molar-refractivity contribution in [3.8, 4) is 11.8 Å². The van der Waals surface area contributed by atoms with Crippen LogP contribution in [0.3, 0.4) is 0 Å². The van der Waals surface area contributed by atoms with E-state index < -0.39 is 0 Å². The molecule has 94 valence electrons. The molecule has 0 saturated heterocycles. The van der Waals surface area contributed by atoms with Gasteiger partial charge in [0.05, 0.1) is 6.67 Å². The molecular weight excluding hydrogens is 231 g/mol. The van der Waals surface area contributed by atoms with Crippen LogP contribution < -0.4 is 4.74 Å². The van der Waals surface area contributed by atoms with Gasteiger partial charge in [0.25, 0.3) is 0 Å². The highest BCUT2D eigenvalue weighted by molar-refractivity contribution is 5.37. The van der Waals surface area contributed by atoms with E-state index in [1.165, 1.54) is 0 Å². The Bertz CT molecular complexity index is 502. The van der Waals surface area contributed by atoms with E-state index in [-0.39, 0.29) is 6.67 Å². The lowest BCUT2D eigenvalue weighted by molar-refractivity contribution is 0.440. The lowest BCUT2D eigenvalue weighted by Gasteiger charge is -2.09. The molecule has 0 saturated carbocycles. The van der Waals surface area contributed by atoms with Crippen molar-refractivity contribution >= 4 is 0 Å². The summed E-state index contributed by atoms with van der Waals surface area (Å²) >= 11 is 0. The van der Waals surface area contributed by atoms with E-state index in [1.807, 2.05) is 25.1 Å². The molecule has 1 aromatic carbocycles. The molecule has 4 heteroatoms. The Kier molecular flexibility index (Phi) is 4.23. The Morgan fingerprint density at radius 2 is 1.94 bits per heavy atom. The molecule has 0 aliphatic heterocycles. The topological polar surface area (TPSA) is 35.0 Å². The Balaban J connectivity index is 2.19. The van der Waals surface area contributed by atoms with Gasteiger partial charge in [-0.05, 0) is 35.7 Å². The number of nitrogens with zero attached hydrogens (tertiary/aromatic N) is 2. The second-order valence-corrected chi connectivity index (χ2v) is 3.86. The van der Waals surface area contributed by atoms with Gasteiger partial charge in [-0.1, -0.05) is 13.0 Å². The number of hydrogen-bond donors (Lipinski definition) is 0. The van der Waals surface area contributed by atoms with Crippen molar-refractivity contribution < 1.29 is 9.13 Å². The highest BCUT2D eigenvalue weighted by Gasteiger charge is 2.05. The first-order chi connectivity index (χ1) is 8.83. The average molecular weight is 246 g/mol. The first kappa shape index (κ1) is 12.5. The lowest BCUT2D eigenvalue weighted by Crippen LogP contribution is -1.96. The third kappa shape index (κ3) is 3.03. The van der Waals surface area contributed by atoms with Gasteiger partial charge < -0.3 is 4.74 Å².